The van der Waals surface area contributed by atoms with Crippen LogP contribution in [0.4, 0.5) is 0 Å². The highest BCUT2D eigenvalue weighted by Crippen LogP contribution is 2.42. The topological polar surface area (TPSA) is 17.1 Å². The molecule has 0 radical (unpaired) electrons. The Bertz CT molecular complexity index is 162. The molecular weight excluding hydrogens is 124 g/mol. The molecule has 10 heavy (non-hydrogen) atoms. The highest BCUT2D eigenvalue weighted by molar-refractivity contribution is 5.84. The number of fused-ring (bicyclic) bond motifs is 2. The molecule has 0 spiro atoms. The summed E-state index contributed by atoms with van der Waals surface area (Å²) in [6, 6.07) is 0. The Balaban J connectivity index is 2.17. The molecule has 2 rings (SSSR count). The number of carbonyl (C=O) groups excluding carboxylic acids is 1. The Kier molecular flexibility index (Phi) is 1.33. The van der Waals surface area contributed by atoms with Crippen LogP contribution in [0, 0.1) is 17.8 Å². The third-order valence-corrected chi connectivity index (χ3v) is 3.12. The van der Waals surface area contributed by atoms with Crippen LogP contribution in [0.3, 0.4) is 0 Å². The fourth-order valence-corrected chi connectivity index (χ4v) is 2.57. The van der Waals surface area contributed by atoms with Gasteiger partial charge in [0.1, 0.15) is 5.78 Å². The zero-order chi connectivity index (χ0) is 7.14. The van der Waals surface area contributed by atoms with E-state index in [-0.39, 0.29) is 0 Å². The molecule has 56 valence electrons. The van der Waals surface area contributed by atoms with Crippen molar-refractivity contribution in [3.8, 4) is 0 Å². The monoisotopic (exact) mass is 138 g/mol. The summed E-state index contributed by atoms with van der Waals surface area (Å²) in [5, 5.41) is 0. The van der Waals surface area contributed by atoms with Crippen molar-refractivity contribution >= 4 is 5.78 Å². The quantitative estimate of drug-likeness (QED) is 0.500. The second kappa shape index (κ2) is 2.08. The van der Waals surface area contributed by atoms with Crippen LogP contribution in [0.2, 0.25) is 0 Å². The molecule has 3 atom stereocenters. The Labute approximate surface area is 61.8 Å². The predicted molar refractivity (Wildman–Crippen MR) is 39.6 cm³/mol. The molecule has 2 aliphatic carbocycles. The van der Waals surface area contributed by atoms with Gasteiger partial charge in [0.05, 0.1) is 0 Å². The molecule has 2 saturated carbocycles. The van der Waals surface area contributed by atoms with E-state index >= 15 is 0 Å². The van der Waals surface area contributed by atoms with Crippen LogP contribution in [-0.2, 0) is 4.79 Å². The zero-order valence-electron chi connectivity index (χ0n) is 6.47. The van der Waals surface area contributed by atoms with Gasteiger partial charge in [-0.05, 0) is 31.6 Å². The Hall–Kier alpha value is -0.330. The van der Waals surface area contributed by atoms with Gasteiger partial charge in [0, 0.05) is 11.8 Å². The maximum Gasteiger partial charge on any atom is 0.138 e. The van der Waals surface area contributed by atoms with Crippen LogP contribution in [0.1, 0.15) is 32.6 Å². The Morgan fingerprint density at radius 3 is 2.90 bits per heavy atom. The van der Waals surface area contributed by atoms with Gasteiger partial charge in [0.2, 0.25) is 0 Å². The van der Waals surface area contributed by atoms with Crippen LogP contribution < -0.4 is 0 Å². The van der Waals surface area contributed by atoms with Crippen molar-refractivity contribution in [1.29, 1.82) is 0 Å². The lowest BCUT2D eigenvalue weighted by atomic mass is 9.81. The van der Waals surface area contributed by atoms with Gasteiger partial charge in [-0.15, -0.1) is 0 Å². The van der Waals surface area contributed by atoms with Gasteiger partial charge in [-0.1, -0.05) is 6.92 Å². The van der Waals surface area contributed by atoms with Gasteiger partial charge in [0.25, 0.3) is 0 Å². The maximum atomic E-state index is 11.4. The van der Waals surface area contributed by atoms with Crippen LogP contribution >= 0.6 is 0 Å². The summed E-state index contributed by atoms with van der Waals surface area (Å²) < 4.78 is 0. The van der Waals surface area contributed by atoms with E-state index < -0.39 is 0 Å². The van der Waals surface area contributed by atoms with E-state index in [0.29, 0.717) is 17.6 Å². The van der Waals surface area contributed by atoms with Crippen molar-refractivity contribution in [1.82, 2.24) is 0 Å². The fraction of sp³-hybridized carbons (Fsp3) is 0.889. The number of Topliss-reactive ketones (excluding diaryl/α,β-unsaturated/α-hetero) is 1. The lowest BCUT2D eigenvalue weighted by Crippen LogP contribution is -2.25. The standard InChI is InChI=1S/C9H14O/c1-6-4-7-2-3-8(5-7)9(6)10/h6-8H,2-5H2,1H3/t6?,7-,8+/m1/s1. The molecule has 2 aliphatic rings. The van der Waals surface area contributed by atoms with E-state index in [1.54, 1.807) is 0 Å². The average Bonchev–Trinajstić information content (AvgIpc) is 2.29. The van der Waals surface area contributed by atoms with Gasteiger partial charge in [-0.25, -0.2) is 0 Å². The minimum absolute atomic E-state index is 0.381. The first-order valence-electron chi connectivity index (χ1n) is 4.31. The number of carbonyl (C=O) groups is 1. The molecule has 0 saturated heterocycles. The van der Waals surface area contributed by atoms with E-state index in [9.17, 15) is 4.79 Å². The molecular formula is C9H14O. The van der Waals surface area contributed by atoms with Gasteiger partial charge < -0.3 is 0 Å². The molecule has 0 aliphatic heterocycles. The number of hydrogen-bond acceptors (Lipinski definition) is 1. The number of ketones is 1. The van der Waals surface area contributed by atoms with Gasteiger partial charge >= 0.3 is 0 Å². The largest absolute Gasteiger partial charge is 0.299 e. The van der Waals surface area contributed by atoms with Crippen LogP contribution in [-0.4, -0.2) is 5.78 Å². The Morgan fingerprint density at radius 1 is 1.30 bits per heavy atom. The van der Waals surface area contributed by atoms with E-state index in [4.69, 9.17) is 0 Å². The molecule has 1 heteroatoms. The van der Waals surface area contributed by atoms with E-state index in [1.165, 1.54) is 25.7 Å². The van der Waals surface area contributed by atoms with Crippen LogP contribution in [0.15, 0.2) is 0 Å². The average molecular weight is 138 g/mol. The smallest absolute Gasteiger partial charge is 0.138 e. The molecule has 1 unspecified atom stereocenters. The molecule has 2 bridgehead atoms. The van der Waals surface area contributed by atoms with Crippen molar-refractivity contribution in [2.24, 2.45) is 17.8 Å². The summed E-state index contributed by atoms with van der Waals surface area (Å²) in [5.74, 6) is 2.30. The molecule has 0 aromatic heterocycles. The summed E-state index contributed by atoms with van der Waals surface area (Å²) >= 11 is 0. The minimum Gasteiger partial charge on any atom is -0.299 e. The highest BCUT2D eigenvalue weighted by Gasteiger charge is 2.38. The van der Waals surface area contributed by atoms with Crippen molar-refractivity contribution in [3.63, 3.8) is 0 Å². The summed E-state index contributed by atoms with van der Waals surface area (Å²) in [4.78, 5) is 11.4. The summed E-state index contributed by atoms with van der Waals surface area (Å²) in [7, 11) is 0. The third kappa shape index (κ3) is 0.799. The second-order valence-electron chi connectivity index (χ2n) is 3.92. The number of hydrogen-bond donors (Lipinski definition) is 0. The lowest BCUT2D eigenvalue weighted by Gasteiger charge is -2.22. The third-order valence-electron chi connectivity index (χ3n) is 3.12. The molecule has 0 aromatic carbocycles. The fourth-order valence-electron chi connectivity index (χ4n) is 2.57. The van der Waals surface area contributed by atoms with E-state index in [2.05, 4.69) is 6.92 Å². The first-order valence-corrected chi connectivity index (χ1v) is 4.31. The van der Waals surface area contributed by atoms with Crippen LogP contribution in [0.25, 0.3) is 0 Å². The number of rotatable bonds is 0. The van der Waals surface area contributed by atoms with Crippen molar-refractivity contribution < 1.29 is 4.79 Å². The summed E-state index contributed by atoms with van der Waals surface area (Å²) in [6.07, 6.45) is 4.90. The Morgan fingerprint density at radius 2 is 2.10 bits per heavy atom. The summed E-state index contributed by atoms with van der Waals surface area (Å²) in [5.41, 5.74) is 0. The molecule has 0 N–H and O–H groups in total. The lowest BCUT2D eigenvalue weighted by molar-refractivity contribution is -0.128. The van der Waals surface area contributed by atoms with E-state index in [1.807, 2.05) is 0 Å². The molecule has 0 heterocycles. The highest BCUT2D eigenvalue weighted by atomic mass is 16.1. The minimum atomic E-state index is 0.381. The van der Waals surface area contributed by atoms with Crippen molar-refractivity contribution in [2.45, 2.75) is 32.6 Å². The first kappa shape index (κ1) is 6.38. The molecule has 1 nitrogen and oxygen atoms in total. The first-order chi connectivity index (χ1) is 4.77. The van der Waals surface area contributed by atoms with Gasteiger partial charge in [0.15, 0.2) is 0 Å². The van der Waals surface area contributed by atoms with Crippen molar-refractivity contribution in [3.05, 3.63) is 0 Å². The maximum absolute atomic E-state index is 11.4. The van der Waals surface area contributed by atoms with Crippen LogP contribution in [0.5, 0.6) is 0 Å². The predicted octanol–water partition coefficient (Wildman–Crippen LogP) is 2.01. The van der Waals surface area contributed by atoms with Gasteiger partial charge in [-0.3, -0.25) is 4.79 Å². The molecule has 0 amide bonds. The van der Waals surface area contributed by atoms with E-state index in [0.717, 1.165) is 5.92 Å². The summed E-state index contributed by atoms with van der Waals surface area (Å²) in [6.45, 7) is 2.09. The van der Waals surface area contributed by atoms with Gasteiger partial charge in [-0.2, -0.15) is 0 Å². The second-order valence-corrected chi connectivity index (χ2v) is 3.92. The molecule has 0 aromatic rings. The van der Waals surface area contributed by atoms with Crippen molar-refractivity contribution in [2.75, 3.05) is 0 Å². The molecule has 2 fully saturated rings. The normalized spacial score (nSPS) is 46.1. The SMILES string of the molecule is CC1C[C@H]2CC[C@@H](C2)C1=O. The zero-order valence-corrected chi connectivity index (χ0v) is 6.47.